The third-order valence-electron chi connectivity index (χ3n) is 2.77. The van der Waals surface area contributed by atoms with Crippen LogP contribution < -0.4 is 0 Å². The van der Waals surface area contributed by atoms with E-state index in [9.17, 15) is 13.6 Å². The number of nitrogens with zero attached hydrogens (tertiary/aromatic N) is 2. The van der Waals surface area contributed by atoms with Gasteiger partial charge in [0.2, 0.25) is 0 Å². The Balaban J connectivity index is 2.30. The summed E-state index contributed by atoms with van der Waals surface area (Å²) in [6.45, 7) is 1.81. The summed E-state index contributed by atoms with van der Waals surface area (Å²) in [5, 5.41) is 4.16. The van der Waals surface area contributed by atoms with Gasteiger partial charge >= 0.3 is 0 Å². The molecule has 0 N–H and O–H groups in total. The van der Waals surface area contributed by atoms with E-state index in [1.54, 1.807) is 18.7 Å². The van der Waals surface area contributed by atoms with Crippen LogP contribution >= 0.6 is 15.9 Å². The number of aromatic nitrogens is 2. The van der Waals surface area contributed by atoms with Crippen molar-refractivity contribution in [2.45, 2.75) is 13.3 Å². The van der Waals surface area contributed by atoms with Crippen LogP contribution in [0.15, 0.2) is 22.7 Å². The Hall–Kier alpha value is -1.56. The van der Waals surface area contributed by atoms with E-state index in [1.807, 2.05) is 0 Å². The lowest BCUT2D eigenvalue weighted by Crippen LogP contribution is -2.09. The Morgan fingerprint density at radius 3 is 2.37 bits per heavy atom. The van der Waals surface area contributed by atoms with Gasteiger partial charge < -0.3 is 0 Å². The molecule has 0 bridgehead atoms. The Morgan fingerprint density at radius 1 is 1.32 bits per heavy atom. The molecule has 1 aromatic heterocycles. The highest BCUT2D eigenvalue weighted by molar-refractivity contribution is 9.10. The maximum Gasteiger partial charge on any atom is 0.169 e. The maximum absolute atomic E-state index is 13.1. The van der Waals surface area contributed by atoms with Gasteiger partial charge in [-0.1, -0.05) is 0 Å². The molecule has 19 heavy (non-hydrogen) atoms. The predicted octanol–water partition coefficient (Wildman–Crippen LogP) is 3.19. The monoisotopic (exact) mass is 328 g/mol. The van der Waals surface area contributed by atoms with Crippen LogP contribution in [-0.4, -0.2) is 15.6 Å². The Bertz CT molecular complexity index is 632. The second-order valence-electron chi connectivity index (χ2n) is 4.23. The van der Waals surface area contributed by atoms with Crippen LogP contribution in [0.1, 0.15) is 21.7 Å². The largest absolute Gasteiger partial charge is 0.294 e. The first-order chi connectivity index (χ1) is 8.88. The molecular weight excluding hydrogens is 318 g/mol. The first-order valence-corrected chi connectivity index (χ1v) is 6.35. The minimum atomic E-state index is -0.761. The fourth-order valence-corrected chi connectivity index (χ4v) is 2.32. The number of carbonyl (C=O) groups is 1. The van der Waals surface area contributed by atoms with Crippen molar-refractivity contribution in [2.75, 3.05) is 0 Å². The standard InChI is InChI=1S/C13H11BrF2N2O/c1-7-13(14)11(18(2)17-7)6-12(19)8-3-9(15)5-10(16)4-8/h3-5H,6H2,1-2H3. The lowest BCUT2D eigenvalue weighted by atomic mass is 10.1. The number of halogens is 3. The van der Waals surface area contributed by atoms with E-state index in [4.69, 9.17) is 0 Å². The Kier molecular flexibility index (Phi) is 3.80. The zero-order chi connectivity index (χ0) is 14.2. The van der Waals surface area contributed by atoms with Gasteiger partial charge in [-0.05, 0) is 35.0 Å². The van der Waals surface area contributed by atoms with Crippen LogP contribution in [0.25, 0.3) is 0 Å². The lowest BCUT2D eigenvalue weighted by molar-refractivity contribution is 0.0989. The summed E-state index contributed by atoms with van der Waals surface area (Å²) in [6.07, 6.45) is 0.0286. The number of rotatable bonds is 3. The van der Waals surface area contributed by atoms with Gasteiger partial charge in [-0.15, -0.1) is 0 Å². The molecule has 0 aliphatic rings. The van der Waals surface area contributed by atoms with E-state index in [1.165, 1.54) is 0 Å². The Morgan fingerprint density at radius 2 is 1.89 bits per heavy atom. The summed E-state index contributed by atoms with van der Waals surface area (Å²) < 4.78 is 28.5. The molecule has 0 fully saturated rings. The van der Waals surface area contributed by atoms with E-state index < -0.39 is 11.6 Å². The quantitative estimate of drug-likeness (QED) is 0.811. The molecule has 2 aromatic rings. The summed E-state index contributed by atoms with van der Waals surface area (Å²) in [6, 6.07) is 2.80. The molecule has 1 aromatic carbocycles. The normalized spacial score (nSPS) is 10.8. The predicted molar refractivity (Wildman–Crippen MR) is 70.0 cm³/mol. The third kappa shape index (κ3) is 2.89. The first-order valence-electron chi connectivity index (χ1n) is 5.55. The highest BCUT2D eigenvalue weighted by Crippen LogP contribution is 2.22. The van der Waals surface area contributed by atoms with Gasteiger partial charge in [0.25, 0.3) is 0 Å². The summed E-state index contributed by atoms with van der Waals surface area (Å²) in [5.74, 6) is -1.88. The summed E-state index contributed by atoms with van der Waals surface area (Å²) in [4.78, 5) is 12.0. The molecule has 2 rings (SSSR count). The number of aryl methyl sites for hydroxylation is 2. The van der Waals surface area contributed by atoms with Crippen LogP contribution in [-0.2, 0) is 13.5 Å². The minimum absolute atomic E-state index is 0.0169. The topological polar surface area (TPSA) is 34.9 Å². The van der Waals surface area contributed by atoms with Crippen LogP contribution in [0.3, 0.4) is 0 Å². The van der Waals surface area contributed by atoms with Crippen molar-refractivity contribution in [1.82, 2.24) is 9.78 Å². The molecule has 100 valence electrons. The molecule has 6 heteroatoms. The SMILES string of the molecule is Cc1nn(C)c(CC(=O)c2cc(F)cc(F)c2)c1Br. The Labute approximate surface area is 117 Å². The van der Waals surface area contributed by atoms with Gasteiger partial charge in [-0.2, -0.15) is 5.10 Å². The van der Waals surface area contributed by atoms with Crippen molar-refractivity contribution >= 4 is 21.7 Å². The number of Topliss-reactive ketones (excluding diaryl/α,β-unsaturated/α-hetero) is 1. The highest BCUT2D eigenvalue weighted by Gasteiger charge is 2.16. The summed E-state index contributed by atoms with van der Waals surface area (Å²) >= 11 is 3.35. The van der Waals surface area contributed by atoms with Crippen molar-refractivity contribution in [1.29, 1.82) is 0 Å². The lowest BCUT2D eigenvalue weighted by Gasteiger charge is -2.03. The second-order valence-corrected chi connectivity index (χ2v) is 5.02. The fraction of sp³-hybridized carbons (Fsp3) is 0.231. The molecule has 0 atom stereocenters. The van der Waals surface area contributed by atoms with Gasteiger partial charge in [-0.25, -0.2) is 8.78 Å². The molecule has 3 nitrogen and oxygen atoms in total. The molecule has 1 heterocycles. The fourth-order valence-electron chi connectivity index (χ4n) is 1.84. The molecule has 0 saturated carbocycles. The molecular formula is C13H11BrF2N2O. The number of benzene rings is 1. The number of ketones is 1. The zero-order valence-electron chi connectivity index (χ0n) is 10.4. The molecule has 0 radical (unpaired) electrons. The summed E-state index contributed by atoms with van der Waals surface area (Å²) in [7, 11) is 1.71. The van der Waals surface area contributed by atoms with Crippen LogP contribution in [0.2, 0.25) is 0 Å². The van der Waals surface area contributed by atoms with E-state index in [2.05, 4.69) is 21.0 Å². The number of hydrogen-bond acceptors (Lipinski definition) is 2. The molecule has 0 saturated heterocycles. The smallest absolute Gasteiger partial charge is 0.169 e. The molecule has 0 aliphatic heterocycles. The summed E-state index contributed by atoms with van der Waals surface area (Å²) in [5.41, 5.74) is 1.45. The average Bonchev–Trinajstić information content (AvgIpc) is 2.54. The van der Waals surface area contributed by atoms with Crippen molar-refractivity contribution in [2.24, 2.45) is 7.05 Å². The molecule has 0 spiro atoms. The average molecular weight is 329 g/mol. The van der Waals surface area contributed by atoms with E-state index in [0.29, 0.717) is 5.69 Å². The van der Waals surface area contributed by atoms with Crippen molar-refractivity contribution in [3.8, 4) is 0 Å². The van der Waals surface area contributed by atoms with Gasteiger partial charge in [0.05, 0.1) is 22.3 Å². The number of hydrogen-bond donors (Lipinski definition) is 0. The van der Waals surface area contributed by atoms with Gasteiger partial charge in [-0.3, -0.25) is 9.48 Å². The maximum atomic E-state index is 13.1. The first kappa shape index (κ1) is 13.9. The van der Waals surface area contributed by atoms with Crippen molar-refractivity contribution < 1.29 is 13.6 Å². The number of carbonyl (C=O) groups excluding carboxylic acids is 1. The molecule has 0 aliphatic carbocycles. The van der Waals surface area contributed by atoms with Gasteiger partial charge in [0.1, 0.15) is 11.6 Å². The van der Waals surface area contributed by atoms with E-state index in [-0.39, 0.29) is 17.8 Å². The zero-order valence-corrected chi connectivity index (χ0v) is 12.0. The van der Waals surface area contributed by atoms with Crippen molar-refractivity contribution in [3.63, 3.8) is 0 Å². The highest BCUT2D eigenvalue weighted by atomic mass is 79.9. The third-order valence-corrected chi connectivity index (χ3v) is 3.81. The molecule has 0 amide bonds. The second kappa shape index (κ2) is 5.21. The minimum Gasteiger partial charge on any atom is -0.294 e. The van der Waals surface area contributed by atoms with E-state index in [0.717, 1.165) is 28.4 Å². The van der Waals surface area contributed by atoms with Gasteiger partial charge in [0, 0.05) is 18.7 Å². The van der Waals surface area contributed by atoms with E-state index >= 15 is 0 Å². The molecule has 0 unspecified atom stereocenters. The van der Waals surface area contributed by atoms with Gasteiger partial charge in [0.15, 0.2) is 5.78 Å². The van der Waals surface area contributed by atoms with Crippen LogP contribution in [0.5, 0.6) is 0 Å². The van der Waals surface area contributed by atoms with Crippen LogP contribution in [0.4, 0.5) is 8.78 Å². The van der Waals surface area contributed by atoms with Crippen molar-refractivity contribution in [3.05, 3.63) is 51.3 Å². The van der Waals surface area contributed by atoms with Crippen LogP contribution in [0, 0.1) is 18.6 Å².